The second kappa shape index (κ2) is 5.58. The van der Waals surface area contributed by atoms with Gasteiger partial charge in [0.25, 0.3) is 0 Å². The van der Waals surface area contributed by atoms with Gasteiger partial charge in [-0.1, -0.05) is 59.7 Å². The fourth-order valence-electron chi connectivity index (χ4n) is 3.26. The van der Waals surface area contributed by atoms with Crippen molar-refractivity contribution >= 4 is 5.91 Å². The molecule has 1 saturated heterocycles. The summed E-state index contributed by atoms with van der Waals surface area (Å²) in [5, 5.41) is 14.5. The van der Waals surface area contributed by atoms with Gasteiger partial charge in [-0.3, -0.25) is 4.79 Å². The first-order chi connectivity index (χ1) is 10.5. The average Bonchev–Trinajstić information content (AvgIpc) is 2.93. The normalized spacial score (nSPS) is 18.3. The van der Waals surface area contributed by atoms with Gasteiger partial charge in [-0.2, -0.15) is 0 Å². The molecule has 0 aromatic heterocycles. The predicted molar refractivity (Wildman–Crippen MR) is 86.5 cm³/mol. The van der Waals surface area contributed by atoms with Crippen molar-refractivity contribution < 1.29 is 9.90 Å². The maximum atomic E-state index is 11.7. The Kier molecular flexibility index (Phi) is 3.75. The molecule has 1 heterocycles. The van der Waals surface area contributed by atoms with E-state index >= 15 is 0 Å². The monoisotopic (exact) mass is 295 g/mol. The maximum Gasteiger partial charge on any atom is 0.220 e. The zero-order valence-corrected chi connectivity index (χ0v) is 13.0. The minimum atomic E-state index is -1.20. The molecule has 0 unspecified atom stereocenters. The molecule has 0 saturated carbocycles. The zero-order valence-electron chi connectivity index (χ0n) is 13.0. The Labute approximate surface area is 131 Å². The number of rotatable bonds is 3. The smallest absolute Gasteiger partial charge is 0.220 e. The third-order valence-electron chi connectivity index (χ3n) is 4.42. The van der Waals surface area contributed by atoms with Crippen LogP contribution in [0.1, 0.15) is 35.1 Å². The highest BCUT2D eigenvalue weighted by molar-refractivity contribution is 5.79. The van der Waals surface area contributed by atoms with Crippen LogP contribution < -0.4 is 5.32 Å². The molecule has 2 aromatic carbocycles. The van der Waals surface area contributed by atoms with Crippen LogP contribution in [0.4, 0.5) is 0 Å². The summed E-state index contributed by atoms with van der Waals surface area (Å²) in [6.45, 7) is 4.01. The number of carbonyl (C=O) groups excluding carboxylic acids is 1. The summed E-state index contributed by atoms with van der Waals surface area (Å²) in [5.41, 5.74) is 2.63. The van der Waals surface area contributed by atoms with Gasteiger partial charge in [0.2, 0.25) is 5.91 Å². The van der Waals surface area contributed by atoms with E-state index in [0.717, 1.165) is 22.3 Å². The summed E-state index contributed by atoms with van der Waals surface area (Å²) in [6, 6.07) is 15.5. The van der Waals surface area contributed by atoms with E-state index in [2.05, 4.69) is 5.32 Å². The van der Waals surface area contributed by atoms with Crippen LogP contribution in [0.5, 0.6) is 0 Å². The predicted octanol–water partition coefficient (Wildman–Crippen LogP) is 2.82. The van der Waals surface area contributed by atoms with Crippen molar-refractivity contribution in [2.75, 3.05) is 0 Å². The molecule has 1 aliphatic rings. The van der Waals surface area contributed by atoms with E-state index in [-0.39, 0.29) is 11.9 Å². The number of hydrogen-bond acceptors (Lipinski definition) is 2. The molecule has 1 aliphatic heterocycles. The van der Waals surface area contributed by atoms with Crippen LogP contribution >= 0.6 is 0 Å². The minimum Gasteiger partial charge on any atom is -0.378 e. The molecule has 22 heavy (non-hydrogen) atoms. The van der Waals surface area contributed by atoms with E-state index in [0.29, 0.717) is 12.8 Å². The Balaban J connectivity index is 2.15. The number of carbonyl (C=O) groups is 1. The fourth-order valence-corrected chi connectivity index (χ4v) is 3.26. The number of hydrogen-bond donors (Lipinski definition) is 2. The standard InChI is InChI=1S/C19H21NO2/c1-13-5-3-7-15(11-13)19(22,17-9-10-18(21)20-17)16-8-4-6-14(2)12-16/h3-8,11-12,17,22H,9-10H2,1-2H3,(H,20,21)/t17-/m0/s1. The van der Waals surface area contributed by atoms with Crippen molar-refractivity contribution in [2.45, 2.75) is 38.3 Å². The summed E-state index contributed by atoms with van der Waals surface area (Å²) in [5.74, 6) is 0.00345. The summed E-state index contributed by atoms with van der Waals surface area (Å²) in [7, 11) is 0. The molecule has 3 nitrogen and oxygen atoms in total. The molecule has 3 heteroatoms. The molecule has 0 radical (unpaired) electrons. The Hall–Kier alpha value is -2.13. The number of nitrogens with one attached hydrogen (secondary N) is 1. The molecule has 2 N–H and O–H groups in total. The molecule has 114 valence electrons. The first-order valence-electron chi connectivity index (χ1n) is 7.66. The molecule has 1 fully saturated rings. The first kappa shape index (κ1) is 14.8. The van der Waals surface area contributed by atoms with Gasteiger partial charge in [-0.15, -0.1) is 0 Å². The molecule has 1 atom stereocenters. The zero-order chi connectivity index (χ0) is 15.7. The van der Waals surface area contributed by atoms with Crippen molar-refractivity contribution in [2.24, 2.45) is 0 Å². The highest BCUT2D eigenvalue weighted by Gasteiger charge is 2.43. The van der Waals surface area contributed by atoms with Crippen molar-refractivity contribution in [3.05, 3.63) is 70.8 Å². The van der Waals surface area contributed by atoms with Gasteiger partial charge in [0.05, 0.1) is 6.04 Å². The summed E-state index contributed by atoms with van der Waals surface area (Å²) in [6.07, 6.45) is 1.10. The molecule has 0 bridgehead atoms. The van der Waals surface area contributed by atoms with Crippen molar-refractivity contribution in [1.82, 2.24) is 5.32 Å². The van der Waals surface area contributed by atoms with Gasteiger partial charge >= 0.3 is 0 Å². The third-order valence-corrected chi connectivity index (χ3v) is 4.42. The Bertz CT molecular complexity index is 663. The van der Waals surface area contributed by atoms with Gasteiger partial charge in [-0.05, 0) is 31.4 Å². The second-order valence-corrected chi connectivity index (χ2v) is 6.16. The van der Waals surface area contributed by atoms with Gasteiger partial charge < -0.3 is 10.4 Å². The highest BCUT2D eigenvalue weighted by Crippen LogP contribution is 2.37. The molecule has 1 amide bonds. The summed E-state index contributed by atoms with van der Waals surface area (Å²) >= 11 is 0. The third kappa shape index (κ3) is 2.53. The van der Waals surface area contributed by atoms with E-state index in [4.69, 9.17) is 0 Å². The van der Waals surface area contributed by atoms with Gasteiger partial charge in [0.1, 0.15) is 5.60 Å². The largest absolute Gasteiger partial charge is 0.378 e. The van der Waals surface area contributed by atoms with Crippen LogP contribution in [-0.4, -0.2) is 17.1 Å². The Morgan fingerprint density at radius 3 is 2.00 bits per heavy atom. The van der Waals surface area contributed by atoms with Crippen molar-refractivity contribution in [1.29, 1.82) is 0 Å². The highest BCUT2D eigenvalue weighted by atomic mass is 16.3. The van der Waals surface area contributed by atoms with E-state index in [1.807, 2.05) is 62.4 Å². The van der Waals surface area contributed by atoms with Crippen LogP contribution in [0.2, 0.25) is 0 Å². The summed E-state index contributed by atoms with van der Waals surface area (Å²) in [4.78, 5) is 11.7. The van der Waals surface area contributed by atoms with Crippen LogP contribution in [0.25, 0.3) is 0 Å². The number of benzene rings is 2. The van der Waals surface area contributed by atoms with Gasteiger partial charge in [0.15, 0.2) is 0 Å². The maximum absolute atomic E-state index is 11.7. The van der Waals surface area contributed by atoms with E-state index in [1.54, 1.807) is 0 Å². The molecule has 0 spiro atoms. The van der Waals surface area contributed by atoms with Crippen molar-refractivity contribution in [3.63, 3.8) is 0 Å². The fraction of sp³-hybridized carbons (Fsp3) is 0.316. The molecule has 2 aromatic rings. The topological polar surface area (TPSA) is 49.3 Å². The number of aryl methyl sites for hydroxylation is 2. The average molecular weight is 295 g/mol. The van der Waals surface area contributed by atoms with Crippen LogP contribution in [-0.2, 0) is 10.4 Å². The van der Waals surface area contributed by atoms with E-state index in [1.165, 1.54) is 0 Å². The Morgan fingerprint density at radius 1 is 1.05 bits per heavy atom. The van der Waals surface area contributed by atoms with E-state index < -0.39 is 5.60 Å². The summed E-state index contributed by atoms with van der Waals surface area (Å²) < 4.78 is 0. The lowest BCUT2D eigenvalue weighted by atomic mass is 9.78. The molecule has 3 rings (SSSR count). The first-order valence-corrected chi connectivity index (χ1v) is 7.66. The van der Waals surface area contributed by atoms with Gasteiger partial charge in [-0.25, -0.2) is 0 Å². The number of amides is 1. The van der Waals surface area contributed by atoms with Crippen molar-refractivity contribution in [3.8, 4) is 0 Å². The lowest BCUT2D eigenvalue weighted by molar-refractivity contribution is -0.120. The van der Waals surface area contributed by atoms with Crippen LogP contribution in [0.15, 0.2) is 48.5 Å². The number of aliphatic hydroxyl groups is 1. The van der Waals surface area contributed by atoms with Gasteiger partial charge in [0, 0.05) is 6.42 Å². The quantitative estimate of drug-likeness (QED) is 0.915. The van der Waals surface area contributed by atoms with Crippen LogP contribution in [0, 0.1) is 13.8 Å². The molecule has 0 aliphatic carbocycles. The minimum absolute atomic E-state index is 0.00345. The van der Waals surface area contributed by atoms with Crippen LogP contribution in [0.3, 0.4) is 0 Å². The van der Waals surface area contributed by atoms with E-state index in [9.17, 15) is 9.90 Å². The lowest BCUT2D eigenvalue weighted by Crippen LogP contribution is -2.47. The molecular weight excluding hydrogens is 274 g/mol. The SMILES string of the molecule is Cc1cccc(C(O)(c2cccc(C)c2)[C@@H]2CCC(=O)N2)c1. The molecular formula is C19H21NO2. The second-order valence-electron chi connectivity index (χ2n) is 6.16. The lowest BCUT2D eigenvalue weighted by Gasteiger charge is -2.35. The Morgan fingerprint density at radius 2 is 1.59 bits per heavy atom.